The molecule has 6 heteroatoms. The second-order valence-electron chi connectivity index (χ2n) is 7.27. The van der Waals surface area contributed by atoms with Crippen LogP contribution >= 0.6 is 0 Å². The third-order valence-corrected chi connectivity index (χ3v) is 5.08. The Balaban J connectivity index is 1.98. The average Bonchev–Trinajstić information content (AvgIpc) is 2.83. The van der Waals surface area contributed by atoms with Crippen molar-refractivity contribution in [3.8, 4) is 71.5 Å². The maximum Gasteiger partial charge on any atom is 0.138 e. The summed E-state index contributed by atoms with van der Waals surface area (Å²) >= 11 is 0. The first-order valence-corrected chi connectivity index (χ1v) is 9.92. The van der Waals surface area contributed by atoms with E-state index in [0.717, 1.165) is 0 Å². The predicted octanol–water partition coefficient (Wildman–Crippen LogP) is 4.94. The van der Waals surface area contributed by atoms with Gasteiger partial charge >= 0.3 is 0 Å². The molecule has 164 valence electrons. The number of phenolic OH excluding ortho intramolecular Hbond substituents is 2. The fourth-order valence-corrected chi connectivity index (χ4v) is 3.44. The van der Waals surface area contributed by atoms with Crippen molar-refractivity contribution in [2.24, 2.45) is 0 Å². The van der Waals surface area contributed by atoms with Crippen LogP contribution in [0.5, 0.6) is 34.5 Å². The first-order chi connectivity index (χ1) is 16.3. The Labute approximate surface area is 196 Å². The van der Waals surface area contributed by atoms with Crippen LogP contribution in [0.2, 0.25) is 0 Å². The number of benzene rings is 4. The summed E-state index contributed by atoms with van der Waals surface area (Å²) in [4.78, 5) is 0. The molecule has 0 amide bonds. The first kappa shape index (κ1) is 21.8. The quantitative estimate of drug-likeness (QED) is 0.201. The molecule has 0 saturated carbocycles. The molecule has 0 aliphatic carbocycles. The number of aromatic hydroxyl groups is 2. The molecule has 0 radical (unpaired) electrons. The Kier molecular flexibility index (Phi) is 5.54. The molecule has 0 heterocycles. The largest absolute Gasteiger partial charge is 0.506 e. The number of terminal acetylenes is 3. The van der Waals surface area contributed by atoms with Gasteiger partial charge in [0.25, 0.3) is 0 Å². The second kappa shape index (κ2) is 8.63. The normalized spacial score (nSPS) is 10.1. The Morgan fingerprint density at radius 2 is 1.26 bits per heavy atom. The van der Waals surface area contributed by atoms with Crippen LogP contribution in [-0.2, 0) is 0 Å². The summed E-state index contributed by atoms with van der Waals surface area (Å²) in [5.74, 6) is 9.09. The van der Waals surface area contributed by atoms with E-state index in [1.807, 2.05) is 0 Å². The lowest BCUT2D eigenvalue weighted by atomic mass is 9.96. The van der Waals surface area contributed by atoms with Crippen molar-refractivity contribution < 1.29 is 19.7 Å². The highest BCUT2D eigenvalue weighted by Crippen LogP contribution is 2.42. The number of nitrogen functional groups attached to an aromatic ring is 2. The number of rotatable bonds is 4. The molecule has 0 aromatic heterocycles. The van der Waals surface area contributed by atoms with E-state index >= 15 is 0 Å². The summed E-state index contributed by atoms with van der Waals surface area (Å²) < 4.78 is 12.2. The molecule has 0 aliphatic rings. The Hall–Kier alpha value is -5.38. The highest BCUT2D eigenvalue weighted by atomic mass is 16.5. The third-order valence-electron chi connectivity index (χ3n) is 5.08. The standard InChI is InChI=1S/C28H18N2O4/c1-4-16-11-21-26(33-18-7-9-24(31)22(29)14-18)13-17(5-2)20(6-3)28(21)27(12-16)34-19-8-10-25(32)23(30)15-19/h1-3,7-15,31-32H,29-30H2. The van der Waals surface area contributed by atoms with Gasteiger partial charge in [0.05, 0.1) is 16.9 Å². The molecule has 4 aromatic carbocycles. The van der Waals surface area contributed by atoms with Crippen LogP contribution < -0.4 is 20.9 Å². The molecule has 0 atom stereocenters. The number of fused-ring (bicyclic) bond motifs is 1. The van der Waals surface area contributed by atoms with Gasteiger partial charge in [-0.2, -0.15) is 0 Å². The van der Waals surface area contributed by atoms with Crippen molar-refractivity contribution in [3.05, 3.63) is 71.3 Å². The molecule has 6 N–H and O–H groups in total. The van der Waals surface area contributed by atoms with E-state index in [9.17, 15) is 10.2 Å². The lowest BCUT2D eigenvalue weighted by molar-refractivity contribution is 0.467. The summed E-state index contributed by atoms with van der Waals surface area (Å²) in [6.45, 7) is 0. The van der Waals surface area contributed by atoms with Crippen molar-refractivity contribution in [2.45, 2.75) is 0 Å². The molecule has 6 nitrogen and oxygen atoms in total. The Bertz CT molecular complexity index is 1580. The van der Waals surface area contributed by atoms with Crippen LogP contribution in [0.3, 0.4) is 0 Å². The van der Waals surface area contributed by atoms with E-state index in [2.05, 4.69) is 17.8 Å². The minimum absolute atomic E-state index is 0.0670. The third kappa shape index (κ3) is 3.94. The first-order valence-electron chi connectivity index (χ1n) is 9.92. The lowest BCUT2D eigenvalue weighted by Crippen LogP contribution is -1.97. The SMILES string of the molecule is C#Cc1cc(Oc2ccc(O)c(N)c2)c2c(C#C)c(C#C)cc(Oc3ccc(O)c(N)c3)c2c1. The van der Waals surface area contributed by atoms with Gasteiger partial charge in [-0.25, -0.2) is 0 Å². The van der Waals surface area contributed by atoms with Crippen LogP contribution in [0.25, 0.3) is 10.8 Å². The topological polar surface area (TPSA) is 111 Å². The van der Waals surface area contributed by atoms with Crippen molar-refractivity contribution in [1.82, 2.24) is 0 Å². The van der Waals surface area contributed by atoms with Gasteiger partial charge in [0, 0.05) is 34.0 Å². The van der Waals surface area contributed by atoms with Crippen molar-refractivity contribution in [3.63, 3.8) is 0 Å². The molecule has 34 heavy (non-hydrogen) atoms. The summed E-state index contributed by atoms with van der Waals surface area (Å²) in [6, 6.07) is 13.9. The Morgan fingerprint density at radius 3 is 1.76 bits per heavy atom. The lowest BCUT2D eigenvalue weighted by Gasteiger charge is -2.17. The molecular formula is C28H18N2O4. The minimum atomic E-state index is -0.0719. The number of phenols is 2. The average molecular weight is 446 g/mol. The summed E-state index contributed by atoms with van der Waals surface area (Å²) in [6.07, 6.45) is 17.3. The van der Waals surface area contributed by atoms with Crippen molar-refractivity contribution >= 4 is 22.1 Å². The molecule has 0 bridgehead atoms. The van der Waals surface area contributed by atoms with E-state index in [1.54, 1.807) is 30.3 Å². The van der Waals surface area contributed by atoms with E-state index in [1.165, 1.54) is 24.3 Å². The zero-order chi connectivity index (χ0) is 24.4. The smallest absolute Gasteiger partial charge is 0.138 e. The van der Waals surface area contributed by atoms with E-state index in [-0.39, 0.29) is 22.9 Å². The monoisotopic (exact) mass is 446 g/mol. The number of anilines is 2. The van der Waals surface area contributed by atoms with E-state index < -0.39 is 0 Å². The molecule has 4 aromatic rings. The fourth-order valence-electron chi connectivity index (χ4n) is 3.44. The van der Waals surface area contributed by atoms with Gasteiger partial charge in [-0.3, -0.25) is 0 Å². The van der Waals surface area contributed by atoms with E-state index in [4.69, 9.17) is 40.2 Å². The van der Waals surface area contributed by atoms with Crippen LogP contribution in [0.1, 0.15) is 16.7 Å². The van der Waals surface area contributed by atoms with Gasteiger partial charge < -0.3 is 31.2 Å². The second-order valence-corrected chi connectivity index (χ2v) is 7.27. The summed E-state index contributed by atoms with van der Waals surface area (Å²) in [5.41, 5.74) is 13.2. The highest BCUT2D eigenvalue weighted by molar-refractivity contribution is 6.00. The number of hydrogen-bond acceptors (Lipinski definition) is 6. The maximum atomic E-state index is 9.73. The van der Waals surface area contributed by atoms with E-state index in [0.29, 0.717) is 50.5 Å². The summed E-state index contributed by atoms with van der Waals surface area (Å²) in [7, 11) is 0. The number of nitrogens with two attached hydrogens (primary N) is 2. The summed E-state index contributed by atoms with van der Waals surface area (Å²) in [5, 5.41) is 20.5. The molecule has 0 fully saturated rings. The highest BCUT2D eigenvalue weighted by Gasteiger charge is 2.18. The van der Waals surface area contributed by atoms with Gasteiger partial charge in [0.15, 0.2) is 0 Å². The van der Waals surface area contributed by atoms with Gasteiger partial charge in [0.2, 0.25) is 0 Å². The molecule has 0 spiro atoms. The zero-order valence-corrected chi connectivity index (χ0v) is 17.8. The van der Waals surface area contributed by atoms with Crippen LogP contribution in [0.15, 0.2) is 54.6 Å². The van der Waals surface area contributed by atoms with Crippen LogP contribution in [-0.4, -0.2) is 10.2 Å². The molecular weight excluding hydrogens is 428 g/mol. The van der Waals surface area contributed by atoms with Crippen molar-refractivity contribution in [2.75, 3.05) is 11.5 Å². The fraction of sp³-hybridized carbons (Fsp3) is 0. The molecule has 0 unspecified atom stereocenters. The minimum Gasteiger partial charge on any atom is -0.506 e. The van der Waals surface area contributed by atoms with Crippen molar-refractivity contribution in [1.29, 1.82) is 0 Å². The Morgan fingerprint density at radius 1 is 0.676 bits per heavy atom. The molecule has 4 rings (SSSR count). The van der Waals surface area contributed by atoms with Gasteiger partial charge in [-0.1, -0.05) is 17.8 Å². The predicted molar refractivity (Wildman–Crippen MR) is 133 cm³/mol. The van der Waals surface area contributed by atoms with Gasteiger partial charge in [-0.15, -0.1) is 19.3 Å². The zero-order valence-electron chi connectivity index (χ0n) is 17.8. The van der Waals surface area contributed by atoms with Gasteiger partial charge in [-0.05, 0) is 42.5 Å². The van der Waals surface area contributed by atoms with Gasteiger partial charge in [0.1, 0.15) is 34.5 Å². The van der Waals surface area contributed by atoms with Crippen LogP contribution in [0, 0.1) is 37.0 Å². The number of ether oxygens (including phenoxy) is 2. The number of hydrogen-bond donors (Lipinski definition) is 4. The van der Waals surface area contributed by atoms with Crippen LogP contribution in [0.4, 0.5) is 11.4 Å². The molecule has 0 aliphatic heterocycles. The maximum absolute atomic E-state index is 9.73. The molecule has 0 saturated heterocycles.